The number of nitrogens with zero attached hydrogens (tertiary/aromatic N) is 3. The van der Waals surface area contributed by atoms with Crippen LogP contribution in [-0.2, 0) is 12.2 Å². The quantitative estimate of drug-likeness (QED) is 0.124. The fraction of sp³-hybridized carbons (Fsp3) is 0.250. The molecule has 3 rings (SSSR count). The largest absolute Gasteiger partial charge is 0.493 e. The third-order valence-corrected chi connectivity index (χ3v) is 6.50. The van der Waals surface area contributed by atoms with E-state index in [1.54, 1.807) is 38.5 Å². The summed E-state index contributed by atoms with van der Waals surface area (Å²) in [5, 5.41) is 3.91. The Labute approximate surface area is 227 Å². The molecule has 1 aromatic heterocycles. The van der Waals surface area contributed by atoms with Crippen LogP contribution in [0.5, 0.6) is 11.5 Å². The third kappa shape index (κ3) is 8.27. The van der Waals surface area contributed by atoms with Gasteiger partial charge in [0, 0.05) is 37.0 Å². The molecule has 37 heavy (non-hydrogen) atoms. The van der Waals surface area contributed by atoms with Gasteiger partial charge < -0.3 is 19.7 Å². The maximum absolute atomic E-state index is 12.7. The molecule has 0 bridgehead atoms. The molecule has 0 aliphatic carbocycles. The van der Waals surface area contributed by atoms with Gasteiger partial charge in [-0.2, -0.15) is 0 Å². The van der Waals surface area contributed by atoms with Crippen LogP contribution in [0.1, 0.15) is 21.5 Å². The number of anilines is 1. The van der Waals surface area contributed by atoms with Crippen LogP contribution in [0.15, 0.2) is 79.0 Å². The number of nitrogens with one attached hydrogen (secondary N) is 1. The first-order valence-electron chi connectivity index (χ1n) is 11.7. The van der Waals surface area contributed by atoms with E-state index in [4.69, 9.17) is 21.1 Å². The number of benzene rings is 2. The molecule has 0 unspecified atom stereocenters. The highest BCUT2D eigenvalue weighted by Gasteiger charge is 2.12. The van der Waals surface area contributed by atoms with Gasteiger partial charge in [0.15, 0.2) is 16.7 Å². The topological polar surface area (TPSA) is 76.6 Å². The summed E-state index contributed by atoms with van der Waals surface area (Å²) in [4.78, 5) is 23.7. The Bertz CT molecular complexity index is 1230. The molecule has 2 aromatic carbocycles. The average Bonchev–Trinajstić information content (AvgIpc) is 2.91. The van der Waals surface area contributed by atoms with Crippen LogP contribution in [0, 0.1) is 0 Å². The molecule has 1 heterocycles. The van der Waals surface area contributed by atoms with Crippen molar-refractivity contribution in [3.8, 4) is 11.5 Å². The van der Waals surface area contributed by atoms with Crippen molar-refractivity contribution >= 4 is 35.1 Å². The van der Waals surface area contributed by atoms with Gasteiger partial charge in [0.1, 0.15) is 11.0 Å². The monoisotopic (exact) mass is 538 g/mol. The highest BCUT2D eigenvalue weighted by atomic mass is 35.5. The molecule has 0 aliphatic heterocycles. The molecule has 0 atom stereocenters. The summed E-state index contributed by atoms with van der Waals surface area (Å²) in [6.45, 7) is 9.33. The number of methoxy groups -OCH3 is 2. The number of carbonyl (C=O) groups is 1. The summed E-state index contributed by atoms with van der Waals surface area (Å²) in [7, 11) is 3.21. The van der Waals surface area contributed by atoms with E-state index in [2.05, 4.69) is 28.4 Å². The molecule has 0 saturated carbocycles. The maximum Gasteiger partial charge on any atom is 0.251 e. The summed E-state index contributed by atoms with van der Waals surface area (Å²) < 4.78 is 10.6. The first kappa shape index (κ1) is 28.1. The summed E-state index contributed by atoms with van der Waals surface area (Å²) in [6, 6.07) is 15.0. The van der Waals surface area contributed by atoms with Crippen molar-refractivity contribution < 1.29 is 14.3 Å². The van der Waals surface area contributed by atoms with Crippen molar-refractivity contribution in [2.45, 2.75) is 17.3 Å². The second kappa shape index (κ2) is 14.3. The van der Waals surface area contributed by atoms with Crippen molar-refractivity contribution in [3.05, 3.63) is 95.7 Å². The van der Waals surface area contributed by atoms with E-state index in [1.165, 1.54) is 11.8 Å². The zero-order valence-corrected chi connectivity index (χ0v) is 22.6. The number of rotatable bonds is 14. The molecule has 0 radical (unpaired) electrons. The molecule has 9 heteroatoms. The Hall–Kier alpha value is -3.49. The van der Waals surface area contributed by atoms with Crippen molar-refractivity contribution in [2.24, 2.45) is 0 Å². The lowest BCUT2D eigenvalue weighted by Crippen LogP contribution is -2.25. The van der Waals surface area contributed by atoms with Gasteiger partial charge in [0.2, 0.25) is 0 Å². The molecular weight excluding hydrogens is 508 g/mol. The minimum absolute atomic E-state index is 0.127. The second-order valence-corrected chi connectivity index (χ2v) is 9.33. The van der Waals surface area contributed by atoms with Crippen molar-refractivity contribution in [2.75, 3.05) is 38.8 Å². The number of amides is 1. The van der Waals surface area contributed by atoms with Crippen LogP contribution in [0.3, 0.4) is 0 Å². The Morgan fingerprint density at radius 2 is 1.78 bits per heavy atom. The van der Waals surface area contributed by atoms with Crippen LogP contribution < -0.4 is 19.7 Å². The summed E-state index contributed by atoms with van der Waals surface area (Å²) in [5.41, 5.74) is 2.63. The lowest BCUT2D eigenvalue weighted by Gasteiger charge is -2.20. The standard InChI is InChI=1S/C28H31ClN4O3S/c1-5-14-33(15-6-2)26-18-25(29)31-28(32-26)37-19-21-8-7-9-22(16-21)27(34)30-13-12-20-10-11-23(35-3)24(17-20)36-4/h5-11,16-18H,1-2,12-15,19H2,3-4H3,(H,30,34). The fourth-order valence-electron chi connectivity index (χ4n) is 3.59. The Morgan fingerprint density at radius 1 is 1.03 bits per heavy atom. The molecule has 0 spiro atoms. The van der Waals surface area contributed by atoms with Gasteiger partial charge in [-0.25, -0.2) is 9.97 Å². The van der Waals surface area contributed by atoms with E-state index >= 15 is 0 Å². The molecule has 0 saturated heterocycles. The van der Waals surface area contributed by atoms with Gasteiger partial charge in [-0.15, -0.1) is 13.2 Å². The van der Waals surface area contributed by atoms with Crippen LogP contribution >= 0.6 is 23.4 Å². The van der Waals surface area contributed by atoms with Gasteiger partial charge in [0.25, 0.3) is 5.91 Å². The SMILES string of the molecule is C=CCN(CC=C)c1cc(Cl)nc(SCc2cccc(C(=O)NCCc3ccc(OC)c(OC)c3)c2)n1. The van der Waals surface area contributed by atoms with E-state index in [9.17, 15) is 4.79 Å². The number of halogens is 1. The summed E-state index contributed by atoms with van der Waals surface area (Å²) >= 11 is 7.72. The molecule has 7 nitrogen and oxygen atoms in total. The number of carbonyl (C=O) groups excluding carboxylic acids is 1. The lowest BCUT2D eigenvalue weighted by molar-refractivity contribution is 0.0954. The normalized spacial score (nSPS) is 10.5. The van der Waals surface area contributed by atoms with Gasteiger partial charge in [-0.1, -0.05) is 53.7 Å². The van der Waals surface area contributed by atoms with Gasteiger partial charge in [-0.3, -0.25) is 4.79 Å². The molecular formula is C28H31ClN4O3S. The average molecular weight is 539 g/mol. The van der Waals surface area contributed by atoms with Crippen molar-refractivity contribution in [1.82, 2.24) is 15.3 Å². The molecule has 3 aromatic rings. The molecule has 0 aliphatic rings. The maximum atomic E-state index is 12.7. The van der Waals surface area contributed by atoms with Crippen LogP contribution in [-0.4, -0.2) is 49.7 Å². The summed E-state index contributed by atoms with van der Waals surface area (Å²) in [6.07, 6.45) is 4.28. The number of hydrogen-bond acceptors (Lipinski definition) is 7. The molecule has 1 amide bonds. The first-order chi connectivity index (χ1) is 18.0. The lowest BCUT2D eigenvalue weighted by atomic mass is 10.1. The number of thioether (sulfide) groups is 1. The van der Waals surface area contributed by atoms with Gasteiger partial charge in [0.05, 0.1) is 14.2 Å². The highest BCUT2D eigenvalue weighted by molar-refractivity contribution is 7.98. The van der Waals surface area contributed by atoms with E-state index in [0.717, 1.165) is 11.1 Å². The van der Waals surface area contributed by atoms with E-state index < -0.39 is 0 Å². The van der Waals surface area contributed by atoms with Crippen LogP contribution in [0.2, 0.25) is 5.15 Å². The predicted molar refractivity (Wildman–Crippen MR) is 151 cm³/mol. The number of hydrogen-bond donors (Lipinski definition) is 1. The summed E-state index contributed by atoms with van der Waals surface area (Å²) in [5.74, 6) is 2.52. The Morgan fingerprint density at radius 3 is 2.49 bits per heavy atom. The fourth-order valence-corrected chi connectivity index (χ4v) is 4.62. The second-order valence-electron chi connectivity index (χ2n) is 8.00. The highest BCUT2D eigenvalue weighted by Crippen LogP contribution is 2.28. The molecule has 194 valence electrons. The van der Waals surface area contributed by atoms with Gasteiger partial charge >= 0.3 is 0 Å². The zero-order valence-electron chi connectivity index (χ0n) is 21.1. The molecule has 1 N–H and O–H groups in total. The van der Waals surface area contributed by atoms with Crippen LogP contribution in [0.4, 0.5) is 5.82 Å². The van der Waals surface area contributed by atoms with Crippen molar-refractivity contribution in [3.63, 3.8) is 0 Å². The zero-order chi connectivity index (χ0) is 26.6. The minimum Gasteiger partial charge on any atom is -0.493 e. The minimum atomic E-state index is -0.127. The smallest absolute Gasteiger partial charge is 0.251 e. The molecule has 0 fully saturated rings. The van der Waals surface area contributed by atoms with E-state index in [1.807, 2.05) is 41.3 Å². The van der Waals surface area contributed by atoms with Crippen molar-refractivity contribution in [1.29, 1.82) is 0 Å². The van der Waals surface area contributed by atoms with Gasteiger partial charge in [-0.05, 0) is 41.8 Å². The third-order valence-electron chi connectivity index (χ3n) is 5.39. The van der Waals surface area contributed by atoms with E-state index in [-0.39, 0.29) is 5.91 Å². The van der Waals surface area contributed by atoms with Crippen LogP contribution in [0.25, 0.3) is 0 Å². The van der Waals surface area contributed by atoms with E-state index in [0.29, 0.717) is 65.0 Å². The number of aromatic nitrogens is 2. The first-order valence-corrected chi connectivity index (χ1v) is 13.1. The number of ether oxygens (including phenoxy) is 2. The Kier molecular flexibility index (Phi) is 10.9. The predicted octanol–water partition coefficient (Wildman–Crippen LogP) is 5.59. The Balaban J connectivity index is 1.59.